The lowest BCUT2D eigenvalue weighted by Crippen LogP contribution is -2.48. The van der Waals surface area contributed by atoms with E-state index in [0.717, 1.165) is 30.9 Å². The van der Waals surface area contributed by atoms with E-state index in [1.54, 1.807) is 7.11 Å². The van der Waals surface area contributed by atoms with Crippen molar-refractivity contribution in [3.8, 4) is 5.75 Å². The molecule has 2 N–H and O–H groups in total. The van der Waals surface area contributed by atoms with Crippen LogP contribution in [0.15, 0.2) is 24.3 Å². The number of ether oxygens (including phenoxy) is 1. The Morgan fingerprint density at radius 1 is 1.47 bits per heavy atom. The van der Waals surface area contributed by atoms with Gasteiger partial charge in [-0.3, -0.25) is 0 Å². The Bertz CT molecular complexity index is 377. The third kappa shape index (κ3) is 2.23. The van der Waals surface area contributed by atoms with Crippen LogP contribution in [0, 0.1) is 0 Å². The highest BCUT2D eigenvalue weighted by Gasteiger charge is 2.36. The molecule has 0 aliphatic carbocycles. The van der Waals surface area contributed by atoms with Crippen molar-refractivity contribution in [3.05, 3.63) is 24.3 Å². The average molecular weight is 236 g/mol. The van der Waals surface area contributed by atoms with Crippen LogP contribution in [0.4, 0.5) is 5.69 Å². The van der Waals surface area contributed by atoms with Crippen molar-refractivity contribution in [1.82, 2.24) is 5.32 Å². The summed E-state index contributed by atoms with van der Waals surface area (Å²) in [6.45, 7) is 1.90. The average Bonchev–Trinajstić information content (AvgIpc) is 2.83. The summed E-state index contributed by atoms with van der Waals surface area (Å²) >= 11 is 0. The predicted molar refractivity (Wildman–Crippen MR) is 68.7 cm³/mol. The Kier molecular flexibility index (Phi) is 3.54. The van der Waals surface area contributed by atoms with Crippen molar-refractivity contribution in [2.45, 2.75) is 12.0 Å². The number of benzene rings is 1. The van der Waals surface area contributed by atoms with Crippen molar-refractivity contribution in [3.63, 3.8) is 0 Å². The number of para-hydroxylation sites is 2. The van der Waals surface area contributed by atoms with E-state index >= 15 is 0 Å². The summed E-state index contributed by atoms with van der Waals surface area (Å²) in [5.74, 6) is 0.886. The quantitative estimate of drug-likeness (QED) is 0.813. The van der Waals surface area contributed by atoms with Crippen LogP contribution < -0.4 is 15.0 Å². The number of hydrogen-bond donors (Lipinski definition) is 2. The normalized spacial score (nSPS) is 24.1. The van der Waals surface area contributed by atoms with Gasteiger partial charge in [0.15, 0.2) is 0 Å². The Labute approximate surface area is 102 Å². The number of aliphatic hydroxyl groups is 1. The predicted octanol–water partition coefficient (Wildman–Crippen LogP) is 0.856. The molecule has 4 nitrogen and oxygen atoms in total. The molecule has 1 heterocycles. The molecule has 0 amide bonds. The molecule has 0 spiro atoms. The summed E-state index contributed by atoms with van der Waals surface area (Å²) in [6, 6.07) is 8.00. The molecule has 17 heavy (non-hydrogen) atoms. The van der Waals surface area contributed by atoms with Gasteiger partial charge in [-0.2, -0.15) is 0 Å². The minimum atomic E-state index is -0.180. The van der Waals surface area contributed by atoms with Crippen molar-refractivity contribution >= 4 is 5.69 Å². The topological polar surface area (TPSA) is 44.7 Å². The third-order valence-corrected chi connectivity index (χ3v) is 3.61. The number of nitrogens with zero attached hydrogens (tertiary/aromatic N) is 1. The second-order valence-electron chi connectivity index (χ2n) is 4.53. The van der Waals surface area contributed by atoms with Gasteiger partial charge in [0.25, 0.3) is 0 Å². The van der Waals surface area contributed by atoms with Gasteiger partial charge in [-0.15, -0.1) is 0 Å². The van der Waals surface area contributed by atoms with Crippen LogP contribution in [-0.2, 0) is 0 Å². The lowest BCUT2D eigenvalue weighted by Gasteiger charge is -2.27. The first-order valence-corrected chi connectivity index (χ1v) is 5.92. The van der Waals surface area contributed by atoms with Crippen LogP contribution in [0.1, 0.15) is 6.42 Å². The van der Waals surface area contributed by atoms with Gasteiger partial charge in [0.1, 0.15) is 5.75 Å². The number of nitrogens with one attached hydrogen (secondary N) is 1. The molecule has 1 atom stereocenters. The molecule has 2 rings (SSSR count). The molecule has 1 aliphatic rings. The molecule has 4 heteroatoms. The van der Waals surface area contributed by atoms with E-state index in [0.29, 0.717) is 0 Å². The Balaban J connectivity index is 2.20. The second kappa shape index (κ2) is 4.94. The summed E-state index contributed by atoms with van der Waals surface area (Å²) in [6.07, 6.45) is 0.943. The van der Waals surface area contributed by atoms with Crippen LogP contribution in [0.2, 0.25) is 0 Å². The minimum absolute atomic E-state index is 0.162. The Morgan fingerprint density at radius 2 is 2.24 bits per heavy atom. The summed E-state index contributed by atoms with van der Waals surface area (Å²) in [5, 5.41) is 12.7. The lowest BCUT2D eigenvalue weighted by molar-refractivity contribution is 0.184. The second-order valence-corrected chi connectivity index (χ2v) is 4.53. The fourth-order valence-corrected chi connectivity index (χ4v) is 2.38. The number of anilines is 1. The SMILES string of the molecule is CNC1(CO)CCN(c2ccccc2OC)C1. The first-order chi connectivity index (χ1) is 8.24. The first-order valence-electron chi connectivity index (χ1n) is 5.92. The zero-order valence-electron chi connectivity index (χ0n) is 10.4. The van der Waals surface area contributed by atoms with Gasteiger partial charge in [-0.1, -0.05) is 12.1 Å². The highest BCUT2D eigenvalue weighted by atomic mass is 16.5. The molecule has 0 saturated carbocycles. The van der Waals surface area contributed by atoms with Gasteiger partial charge in [0.2, 0.25) is 0 Å². The lowest BCUT2D eigenvalue weighted by atomic mass is 10.0. The van der Waals surface area contributed by atoms with Crippen molar-refractivity contribution in [2.24, 2.45) is 0 Å². The van der Waals surface area contributed by atoms with Gasteiger partial charge >= 0.3 is 0 Å². The third-order valence-electron chi connectivity index (χ3n) is 3.61. The molecule has 1 unspecified atom stereocenters. The van der Waals surface area contributed by atoms with Gasteiger partial charge in [-0.25, -0.2) is 0 Å². The van der Waals surface area contributed by atoms with Crippen LogP contribution in [0.25, 0.3) is 0 Å². The molecule has 1 fully saturated rings. The summed E-state index contributed by atoms with van der Waals surface area (Å²) in [7, 11) is 3.59. The molecule has 0 radical (unpaired) electrons. The Morgan fingerprint density at radius 3 is 2.82 bits per heavy atom. The zero-order valence-corrected chi connectivity index (χ0v) is 10.4. The molecule has 0 aromatic heterocycles. The maximum absolute atomic E-state index is 9.49. The maximum Gasteiger partial charge on any atom is 0.142 e. The van der Waals surface area contributed by atoms with Gasteiger partial charge in [0, 0.05) is 13.1 Å². The van der Waals surface area contributed by atoms with E-state index in [2.05, 4.69) is 16.3 Å². The molecule has 94 valence electrons. The van der Waals surface area contributed by atoms with E-state index < -0.39 is 0 Å². The van der Waals surface area contributed by atoms with Gasteiger partial charge in [-0.05, 0) is 25.6 Å². The largest absolute Gasteiger partial charge is 0.495 e. The monoisotopic (exact) mass is 236 g/mol. The fourth-order valence-electron chi connectivity index (χ4n) is 2.38. The number of aliphatic hydroxyl groups excluding tert-OH is 1. The molecule has 1 saturated heterocycles. The van der Waals surface area contributed by atoms with Crippen LogP contribution >= 0.6 is 0 Å². The summed E-state index contributed by atoms with van der Waals surface area (Å²) < 4.78 is 5.37. The summed E-state index contributed by atoms with van der Waals surface area (Å²) in [5.41, 5.74) is 0.918. The molecule has 0 bridgehead atoms. The standard InChI is InChI=1S/C13H20N2O2/c1-14-13(10-16)7-8-15(9-13)11-5-3-4-6-12(11)17-2/h3-6,14,16H,7-10H2,1-2H3. The smallest absolute Gasteiger partial charge is 0.142 e. The van der Waals surface area contributed by atoms with E-state index in [-0.39, 0.29) is 12.1 Å². The molecule has 1 aromatic carbocycles. The summed E-state index contributed by atoms with van der Waals surface area (Å²) in [4.78, 5) is 2.26. The minimum Gasteiger partial charge on any atom is -0.495 e. The van der Waals surface area contributed by atoms with Crippen molar-refractivity contribution < 1.29 is 9.84 Å². The van der Waals surface area contributed by atoms with E-state index in [1.807, 2.05) is 25.2 Å². The maximum atomic E-state index is 9.49. The van der Waals surface area contributed by atoms with Crippen LogP contribution in [0.3, 0.4) is 0 Å². The highest BCUT2D eigenvalue weighted by molar-refractivity contribution is 5.59. The number of likely N-dealkylation sites (N-methyl/N-ethyl adjacent to an activating group) is 1. The number of rotatable bonds is 4. The van der Waals surface area contributed by atoms with E-state index in [4.69, 9.17) is 4.74 Å². The number of hydrogen-bond acceptors (Lipinski definition) is 4. The molecule has 1 aromatic rings. The van der Waals surface area contributed by atoms with Gasteiger partial charge < -0.3 is 20.1 Å². The Hall–Kier alpha value is -1.26. The molecular formula is C13H20N2O2. The fraction of sp³-hybridized carbons (Fsp3) is 0.538. The zero-order chi connectivity index (χ0) is 12.3. The van der Waals surface area contributed by atoms with Crippen LogP contribution in [-0.4, -0.2) is 44.5 Å². The number of methoxy groups -OCH3 is 1. The first kappa shape index (κ1) is 12.2. The molecular weight excluding hydrogens is 216 g/mol. The van der Waals surface area contributed by atoms with E-state index in [9.17, 15) is 5.11 Å². The van der Waals surface area contributed by atoms with Crippen molar-refractivity contribution in [2.75, 3.05) is 38.8 Å². The van der Waals surface area contributed by atoms with Crippen LogP contribution in [0.5, 0.6) is 5.75 Å². The van der Waals surface area contributed by atoms with E-state index in [1.165, 1.54) is 0 Å². The van der Waals surface area contributed by atoms with Crippen molar-refractivity contribution in [1.29, 1.82) is 0 Å². The van der Waals surface area contributed by atoms with Gasteiger partial charge in [0.05, 0.1) is 24.9 Å². The highest BCUT2D eigenvalue weighted by Crippen LogP contribution is 2.33. The molecule has 1 aliphatic heterocycles.